The smallest absolute Gasteiger partial charge is 0.342 e. The van der Waals surface area contributed by atoms with Crippen molar-refractivity contribution in [3.8, 4) is 23.0 Å². The van der Waals surface area contributed by atoms with Crippen LogP contribution in [0.25, 0.3) is 0 Å². The molecule has 0 radical (unpaired) electrons. The van der Waals surface area contributed by atoms with E-state index in [1.807, 2.05) is 12.1 Å². The Morgan fingerprint density at radius 2 is 1.50 bits per heavy atom. The van der Waals surface area contributed by atoms with Gasteiger partial charge in [0.15, 0.2) is 18.1 Å². The molecule has 2 rings (SSSR count). The van der Waals surface area contributed by atoms with Crippen LogP contribution < -0.4 is 24.3 Å². The van der Waals surface area contributed by atoms with E-state index in [2.05, 4.69) is 5.32 Å². The summed E-state index contributed by atoms with van der Waals surface area (Å²) in [4.78, 5) is 24.3. The number of methoxy groups -OCH3 is 4. The minimum absolute atomic E-state index is 0.128. The number of rotatable bonds is 9. The second-order valence-corrected chi connectivity index (χ2v) is 5.58. The van der Waals surface area contributed by atoms with Crippen molar-refractivity contribution >= 4 is 11.9 Å². The molecule has 0 unspecified atom stereocenters. The molecule has 2 aromatic rings. The zero-order chi connectivity index (χ0) is 20.5. The summed E-state index contributed by atoms with van der Waals surface area (Å²) in [5.41, 5.74) is 1.02. The molecule has 0 aromatic heterocycles. The first-order valence-electron chi connectivity index (χ1n) is 8.39. The molecule has 0 spiro atoms. The Morgan fingerprint density at radius 1 is 0.821 bits per heavy atom. The number of carbonyl (C=O) groups is 2. The Kier molecular flexibility index (Phi) is 7.50. The predicted molar refractivity (Wildman–Crippen MR) is 101 cm³/mol. The lowest BCUT2D eigenvalue weighted by atomic mass is 10.1. The van der Waals surface area contributed by atoms with Crippen LogP contribution >= 0.6 is 0 Å². The predicted octanol–water partition coefficient (Wildman–Crippen LogP) is 2.19. The second-order valence-electron chi connectivity index (χ2n) is 5.58. The summed E-state index contributed by atoms with van der Waals surface area (Å²) < 4.78 is 25.8. The van der Waals surface area contributed by atoms with Gasteiger partial charge in [0.25, 0.3) is 5.91 Å². The molecule has 0 fully saturated rings. The van der Waals surface area contributed by atoms with Crippen LogP contribution in [0.5, 0.6) is 23.0 Å². The van der Waals surface area contributed by atoms with Gasteiger partial charge in [0.1, 0.15) is 11.3 Å². The lowest BCUT2D eigenvalue weighted by molar-refractivity contribution is -0.124. The number of benzene rings is 2. The van der Waals surface area contributed by atoms with Crippen LogP contribution in [0.1, 0.15) is 15.9 Å². The lowest BCUT2D eigenvalue weighted by Gasteiger charge is -2.15. The van der Waals surface area contributed by atoms with Gasteiger partial charge in [-0.3, -0.25) is 4.79 Å². The van der Waals surface area contributed by atoms with Gasteiger partial charge in [0.05, 0.1) is 28.4 Å². The quantitative estimate of drug-likeness (QED) is 0.657. The van der Waals surface area contributed by atoms with E-state index in [1.165, 1.54) is 27.4 Å². The summed E-state index contributed by atoms with van der Waals surface area (Å²) in [6, 6.07) is 10.3. The minimum atomic E-state index is -0.711. The third-order valence-corrected chi connectivity index (χ3v) is 3.91. The van der Waals surface area contributed by atoms with Crippen molar-refractivity contribution in [3.05, 3.63) is 47.5 Å². The summed E-state index contributed by atoms with van der Waals surface area (Å²) in [5.74, 6) is 0.441. The Morgan fingerprint density at radius 3 is 2.07 bits per heavy atom. The number of hydrogen-bond donors (Lipinski definition) is 1. The molecule has 0 aliphatic rings. The summed E-state index contributed by atoms with van der Waals surface area (Å²) in [5, 5.41) is 2.68. The van der Waals surface area contributed by atoms with Gasteiger partial charge in [-0.1, -0.05) is 12.1 Å². The van der Waals surface area contributed by atoms with Crippen molar-refractivity contribution in [1.29, 1.82) is 0 Å². The van der Waals surface area contributed by atoms with Crippen molar-refractivity contribution in [2.24, 2.45) is 0 Å². The Hall–Kier alpha value is -3.42. The van der Waals surface area contributed by atoms with Gasteiger partial charge >= 0.3 is 5.97 Å². The highest BCUT2D eigenvalue weighted by Gasteiger charge is 2.22. The van der Waals surface area contributed by atoms with Crippen LogP contribution in [0.4, 0.5) is 0 Å². The fourth-order valence-electron chi connectivity index (χ4n) is 2.47. The molecule has 0 saturated carbocycles. The molecule has 0 heterocycles. The molecule has 8 nitrogen and oxygen atoms in total. The van der Waals surface area contributed by atoms with E-state index in [9.17, 15) is 9.59 Å². The molecule has 0 bridgehead atoms. The van der Waals surface area contributed by atoms with E-state index in [4.69, 9.17) is 23.7 Å². The molecule has 8 heteroatoms. The molecule has 28 heavy (non-hydrogen) atoms. The van der Waals surface area contributed by atoms with Crippen LogP contribution in [-0.4, -0.2) is 46.9 Å². The number of hydrogen-bond acceptors (Lipinski definition) is 7. The van der Waals surface area contributed by atoms with Gasteiger partial charge in [0, 0.05) is 6.54 Å². The number of nitrogens with one attached hydrogen (secondary N) is 1. The van der Waals surface area contributed by atoms with Gasteiger partial charge in [-0.05, 0) is 29.8 Å². The SMILES string of the molecule is COc1ccc(CNC(=O)COC(=O)c2ccc(OC)c(OC)c2OC)cc1. The highest BCUT2D eigenvalue weighted by molar-refractivity contribution is 5.95. The van der Waals surface area contributed by atoms with E-state index in [1.54, 1.807) is 25.3 Å². The highest BCUT2D eigenvalue weighted by atomic mass is 16.5. The Bertz CT molecular complexity index is 818. The van der Waals surface area contributed by atoms with Gasteiger partial charge in [-0.2, -0.15) is 0 Å². The molecule has 1 N–H and O–H groups in total. The largest absolute Gasteiger partial charge is 0.497 e. The topological polar surface area (TPSA) is 92.3 Å². The maximum absolute atomic E-state index is 12.3. The van der Waals surface area contributed by atoms with Gasteiger partial charge in [0.2, 0.25) is 5.75 Å². The third kappa shape index (κ3) is 5.06. The van der Waals surface area contributed by atoms with Crippen LogP contribution in [0.3, 0.4) is 0 Å². The maximum Gasteiger partial charge on any atom is 0.342 e. The molecular formula is C20H23NO7. The fourth-order valence-corrected chi connectivity index (χ4v) is 2.47. The zero-order valence-electron chi connectivity index (χ0n) is 16.2. The van der Waals surface area contributed by atoms with Crippen molar-refractivity contribution in [2.75, 3.05) is 35.0 Å². The molecule has 2 aromatic carbocycles. The number of esters is 1. The molecule has 0 saturated heterocycles. The van der Waals surface area contributed by atoms with Gasteiger partial charge in [-0.25, -0.2) is 4.79 Å². The maximum atomic E-state index is 12.3. The van der Waals surface area contributed by atoms with E-state index < -0.39 is 18.5 Å². The van der Waals surface area contributed by atoms with E-state index in [0.29, 0.717) is 12.3 Å². The summed E-state index contributed by atoms with van der Waals surface area (Å²) in [7, 11) is 5.89. The van der Waals surface area contributed by atoms with E-state index in [0.717, 1.165) is 11.3 Å². The highest BCUT2D eigenvalue weighted by Crippen LogP contribution is 2.39. The first kappa shape index (κ1) is 20.9. The average Bonchev–Trinajstić information content (AvgIpc) is 2.74. The summed E-state index contributed by atoms with van der Waals surface area (Å²) >= 11 is 0. The van der Waals surface area contributed by atoms with Crippen molar-refractivity contribution in [3.63, 3.8) is 0 Å². The van der Waals surface area contributed by atoms with Crippen molar-refractivity contribution in [2.45, 2.75) is 6.54 Å². The van der Waals surface area contributed by atoms with E-state index >= 15 is 0 Å². The van der Waals surface area contributed by atoms with Gasteiger partial charge in [-0.15, -0.1) is 0 Å². The van der Waals surface area contributed by atoms with E-state index in [-0.39, 0.29) is 17.1 Å². The molecule has 150 valence electrons. The van der Waals surface area contributed by atoms with Crippen molar-refractivity contribution < 1.29 is 33.3 Å². The number of carbonyl (C=O) groups excluding carboxylic acids is 2. The Balaban J connectivity index is 1.94. The number of amides is 1. The fraction of sp³-hybridized carbons (Fsp3) is 0.300. The second kappa shape index (κ2) is 10.1. The normalized spacial score (nSPS) is 10.0. The summed E-state index contributed by atoms with van der Waals surface area (Å²) in [6.45, 7) is -0.119. The molecular weight excluding hydrogens is 366 g/mol. The molecule has 0 atom stereocenters. The Labute approximate surface area is 163 Å². The third-order valence-electron chi connectivity index (χ3n) is 3.91. The standard InChI is InChI=1S/C20H23NO7/c1-24-14-7-5-13(6-8-14)11-21-17(22)12-28-20(23)15-9-10-16(25-2)19(27-4)18(15)26-3/h5-10H,11-12H2,1-4H3,(H,21,22). The molecule has 0 aliphatic heterocycles. The zero-order valence-corrected chi connectivity index (χ0v) is 16.2. The van der Waals surface area contributed by atoms with Crippen LogP contribution in [0.2, 0.25) is 0 Å². The monoisotopic (exact) mass is 389 g/mol. The van der Waals surface area contributed by atoms with Crippen LogP contribution in [0, 0.1) is 0 Å². The summed E-state index contributed by atoms with van der Waals surface area (Å²) in [6.07, 6.45) is 0. The van der Waals surface area contributed by atoms with Crippen molar-refractivity contribution in [1.82, 2.24) is 5.32 Å². The molecule has 0 aliphatic carbocycles. The lowest BCUT2D eigenvalue weighted by Crippen LogP contribution is -2.28. The first-order valence-corrected chi connectivity index (χ1v) is 8.39. The van der Waals surface area contributed by atoms with Crippen LogP contribution in [0.15, 0.2) is 36.4 Å². The first-order chi connectivity index (χ1) is 13.5. The minimum Gasteiger partial charge on any atom is -0.497 e. The van der Waals surface area contributed by atoms with Gasteiger partial charge < -0.3 is 29.0 Å². The molecule has 1 amide bonds. The average molecular weight is 389 g/mol. The van der Waals surface area contributed by atoms with Crippen LogP contribution in [-0.2, 0) is 16.1 Å². The number of ether oxygens (including phenoxy) is 5.